The molecule has 0 heterocycles. The summed E-state index contributed by atoms with van der Waals surface area (Å²) in [7, 11) is 0. The van der Waals surface area contributed by atoms with Crippen LogP contribution in [0.1, 0.15) is 23.0 Å². The van der Waals surface area contributed by atoms with Crippen LogP contribution in [0.2, 0.25) is 0 Å². The van der Waals surface area contributed by atoms with Crippen LogP contribution in [-0.4, -0.2) is 23.2 Å². The zero-order valence-corrected chi connectivity index (χ0v) is 15.9. The predicted molar refractivity (Wildman–Crippen MR) is 110 cm³/mol. The SMILES string of the molecule is O=C(Nc1ccccc1)C(=O)[C@@H](c1ccccc1)[C@@H](C[N+](=O)[O-])c1ccc(F)cc1. The minimum absolute atomic E-state index is 0.405. The number of amides is 1. The molecule has 1 N–H and O–H groups in total. The van der Waals surface area contributed by atoms with Gasteiger partial charge in [-0.15, -0.1) is 0 Å². The van der Waals surface area contributed by atoms with Crippen LogP contribution in [-0.2, 0) is 9.59 Å². The number of nitrogens with one attached hydrogen (secondary N) is 1. The number of halogens is 1. The first-order valence-corrected chi connectivity index (χ1v) is 9.28. The topological polar surface area (TPSA) is 89.3 Å². The summed E-state index contributed by atoms with van der Waals surface area (Å²) < 4.78 is 13.4. The van der Waals surface area contributed by atoms with Crippen LogP contribution < -0.4 is 5.32 Å². The molecule has 0 saturated heterocycles. The van der Waals surface area contributed by atoms with Crippen LogP contribution >= 0.6 is 0 Å². The molecule has 3 aromatic carbocycles. The van der Waals surface area contributed by atoms with Crippen LogP contribution in [0.25, 0.3) is 0 Å². The lowest BCUT2D eigenvalue weighted by atomic mass is 9.78. The monoisotopic (exact) mass is 406 g/mol. The van der Waals surface area contributed by atoms with Crippen molar-refractivity contribution in [2.45, 2.75) is 11.8 Å². The largest absolute Gasteiger partial charge is 0.319 e. The number of carbonyl (C=O) groups excluding carboxylic acids is 2. The lowest BCUT2D eigenvalue weighted by Crippen LogP contribution is -2.34. The van der Waals surface area contributed by atoms with Crippen molar-refractivity contribution in [2.24, 2.45) is 0 Å². The molecule has 30 heavy (non-hydrogen) atoms. The number of nitro groups is 1. The fourth-order valence-electron chi connectivity index (χ4n) is 3.36. The van der Waals surface area contributed by atoms with Gasteiger partial charge in [-0.3, -0.25) is 19.7 Å². The summed E-state index contributed by atoms with van der Waals surface area (Å²) in [5.41, 5.74) is 1.32. The molecule has 0 unspecified atom stereocenters. The third kappa shape index (κ3) is 5.14. The number of ketones is 1. The molecule has 0 fully saturated rings. The van der Waals surface area contributed by atoms with E-state index in [1.165, 1.54) is 24.3 Å². The van der Waals surface area contributed by atoms with Gasteiger partial charge in [-0.1, -0.05) is 60.7 Å². The number of para-hydroxylation sites is 1. The van der Waals surface area contributed by atoms with Gasteiger partial charge < -0.3 is 5.32 Å². The van der Waals surface area contributed by atoms with Gasteiger partial charge >= 0.3 is 0 Å². The molecule has 0 aliphatic rings. The fourth-order valence-corrected chi connectivity index (χ4v) is 3.36. The molecule has 0 aliphatic carbocycles. The molecule has 6 nitrogen and oxygen atoms in total. The summed E-state index contributed by atoms with van der Waals surface area (Å²) in [5, 5.41) is 13.9. The van der Waals surface area contributed by atoms with Gasteiger partial charge in [0.05, 0.1) is 11.8 Å². The number of rotatable bonds is 8. The van der Waals surface area contributed by atoms with Crippen molar-refractivity contribution in [2.75, 3.05) is 11.9 Å². The van der Waals surface area contributed by atoms with Crippen molar-refractivity contribution < 1.29 is 18.9 Å². The summed E-state index contributed by atoms with van der Waals surface area (Å²) in [6, 6.07) is 22.1. The van der Waals surface area contributed by atoms with Gasteiger partial charge in [-0.05, 0) is 35.4 Å². The van der Waals surface area contributed by atoms with E-state index in [1.54, 1.807) is 60.7 Å². The van der Waals surface area contributed by atoms with Gasteiger partial charge in [0.1, 0.15) is 5.82 Å². The fraction of sp³-hybridized carbons (Fsp3) is 0.130. The zero-order chi connectivity index (χ0) is 21.5. The molecule has 0 bridgehead atoms. The highest BCUT2D eigenvalue weighted by molar-refractivity contribution is 6.42. The Morgan fingerprint density at radius 2 is 1.43 bits per heavy atom. The smallest absolute Gasteiger partial charge is 0.292 e. The molecule has 0 aromatic heterocycles. The number of nitrogens with zero attached hydrogens (tertiary/aromatic N) is 1. The Balaban J connectivity index is 2.01. The predicted octanol–water partition coefficient (Wildman–Crippen LogP) is 4.18. The second-order valence-electron chi connectivity index (χ2n) is 6.75. The van der Waals surface area contributed by atoms with E-state index in [9.17, 15) is 24.1 Å². The average Bonchev–Trinajstić information content (AvgIpc) is 2.75. The standard InChI is InChI=1S/C23H19FN2O4/c24-18-13-11-16(12-14-18)20(15-26(29)30)21(17-7-3-1-4-8-17)22(27)23(28)25-19-9-5-2-6-10-19/h1-14,20-21H,15H2,(H,25,28)/t20-,21-/m0/s1. The lowest BCUT2D eigenvalue weighted by molar-refractivity contribution is -0.483. The molecule has 0 saturated carbocycles. The molecule has 0 aliphatic heterocycles. The second-order valence-corrected chi connectivity index (χ2v) is 6.75. The Bertz CT molecular complexity index is 1020. The molecular formula is C23H19FN2O4. The second kappa shape index (κ2) is 9.56. The highest BCUT2D eigenvalue weighted by Gasteiger charge is 2.37. The van der Waals surface area contributed by atoms with Gasteiger partial charge in [0.2, 0.25) is 12.3 Å². The van der Waals surface area contributed by atoms with E-state index in [4.69, 9.17) is 0 Å². The van der Waals surface area contributed by atoms with Crippen LogP contribution in [0.4, 0.5) is 10.1 Å². The summed E-state index contributed by atoms with van der Waals surface area (Å²) >= 11 is 0. The Labute approximate surface area is 172 Å². The molecule has 7 heteroatoms. The minimum Gasteiger partial charge on any atom is -0.319 e. The first-order chi connectivity index (χ1) is 14.5. The van der Waals surface area contributed by atoms with E-state index in [0.29, 0.717) is 16.8 Å². The maximum absolute atomic E-state index is 13.4. The highest BCUT2D eigenvalue weighted by atomic mass is 19.1. The van der Waals surface area contributed by atoms with Crippen molar-refractivity contribution in [1.82, 2.24) is 0 Å². The zero-order valence-electron chi connectivity index (χ0n) is 15.9. The van der Waals surface area contributed by atoms with E-state index in [0.717, 1.165) is 0 Å². The Hall–Kier alpha value is -3.87. The highest BCUT2D eigenvalue weighted by Crippen LogP contribution is 2.34. The van der Waals surface area contributed by atoms with Gasteiger partial charge in [0.25, 0.3) is 5.91 Å². The van der Waals surface area contributed by atoms with Crippen LogP contribution in [0.3, 0.4) is 0 Å². The number of hydrogen-bond acceptors (Lipinski definition) is 4. The summed E-state index contributed by atoms with van der Waals surface area (Å²) in [6.45, 7) is -0.588. The first kappa shape index (κ1) is 20.9. The molecule has 1 amide bonds. The number of carbonyl (C=O) groups is 2. The Morgan fingerprint density at radius 1 is 0.867 bits per heavy atom. The van der Waals surface area contributed by atoms with Gasteiger partial charge in [0.15, 0.2) is 0 Å². The van der Waals surface area contributed by atoms with Gasteiger partial charge in [-0.25, -0.2) is 4.39 Å². The summed E-state index contributed by atoms with van der Waals surface area (Å²) in [4.78, 5) is 36.8. The Morgan fingerprint density at radius 3 is 2.00 bits per heavy atom. The molecule has 152 valence electrons. The van der Waals surface area contributed by atoms with Crippen molar-refractivity contribution in [3.63, 3.8) is 0 Å². The summed E-state index contributed by atoms with van der Waals surface area (Å²) in [5.74, 6) is -4.22. The summed E-state index contributed by atoms with van der Waals surface area (Å²) in [6.07, 6.45) is 0. The van der Waals surface area contributed by atoms with Crippen molar-refractivity contribution in [3.05, 3.63) is 112 Å². The van der Waals surface area contributed by atoms with Crippen LogP contribution in [0.15, 0.2) is 84.9 Å². The maximum Gasteiger partial charge on any atom is 0.292 e. The average molecular weight is 406 g/mol. The van der Waals surface area contributed by atoms with Crippen molar-refractivity contribution >= 4 is 17.4 Å². The minimum atomic E-state index is -1.11. The van der Waals surface area contributed by atoms with E-state index < -0.39 is 40.8 Å². The van der Waals surface area contributed by atoms with Crippen LogP contribution in [0, 0.1) is 15.9 Å². The molecule has 3 aromatic rings. The molecular weight excluding hydrogens is 387 g/mol. The number of benzene rings is 3. The lowest BCUT2D eigenvalue weighted by Gasteiger charge is -2.24. The van der Waals surface area contributed by atoms with Crippen molar-refractivity contribution in [3.8, 4) is 0 Å². The molecule has 2 atom stereocenters. The van der Waals surface area contributed by atoms with E-state index in [2.05, 4.69) is 5.32 Å². The third-order valence-electron chi connectivity index (χ3n) is 4.74. The maximum atomic E-state index is 13.4. The van der Waals surface area contributed by atoms with E-state index in [-0.39, 0.29) is 0 Å². The third-order valence-corrected chi connectivity index (χ3v) is 4.74. The number of anilines is 1. The number of Topliss-reactive ketones (excluding diaryl/α,β-unsaturated/α-hetero) is 1. The molecule has 3 rings (SSSR count). The molecule has 0 radical (unpaired) electrons. The van der Waals surface area contributed by atoms with Crippen LogP contribution in [0.5, 0.6) is 0 Å². The number of hydrogen-bond donors (Lipinski definition) is 1. The first-order valence-electron chi connectivity index (χ1n) is 9.28. The van der Waals surface area contributed by atoms with Gasteiger partial charge in [0, 0.05) is 10.6 Å². The van der Waals surface area contributed by atoms with E-state index >= 15 is 0 Å². The molecule has 0 spiro atoms. The Kier molecular flexibility index (Phi) is 6.64. The van der Waals surface area contributed by atoms with E-state index in [1.807, 2.05) is 0 Å². The van der Waals surface area contributed by atoms with Gasteiger partial charge in [-0.2, -0.15) is 0 Å². The van der Waals surface area contributed by atoms with Crippen molar-refractivity contribution in [1.29, 1.82) is 0 Å². The normalized spacial score (nSPS) is 12.6. The quantitative estimate of drug-likeness (QED) is 0.345.